The Bertz CT molecular complexity index is 246. The maximum Gasteiger partial charge on any atom is 0.309 e. The third-order valence-electron chi connectivity index (χ3n) is 3.47. The van der Waals surface area contributed by atoms with E-state index in [0.29, 0.717) is 12.6 Å². The summed E-state index contributed by atoms with van der Waals surface area (Å²) in [6.07, 6.45) is 2.48. The highest BCUT2D eigenvalue weighted by Crippen LogP contribution is 2.15. The van der Waals surface area contributed by atoms with Crippen LogP contribution in [0, 0.1) is 5.92 Å². The van der Waals surface area contributed by atoms with Crippen LogP contribution < -0.4 is 0 Å². The maximum absolute atomic E-state index is 11.6. The number of likely N-dealkylation sites (N-methyl/N-ethyl adjacent to an activating group) is 2. The molecule has 2 atom stereocenters. The summed E-state index contributed by atoms with van der Waals surface area (Å²) in [6, 6.07) is 0.575. The molecule has 0 saturated carbocycles. The molecular weight excluding hydrogens is 216 g/mol. The number of rotatable bonds is 5. The maximum atomic E-state index is 11.6. The molecule has 0 aromatic carbocycles. The average Bonchev–Trinajstić information content (AvgIpc) is 2.29. The highest BCUT2D eigenvalue weighted by molar-refractivity contribution is 5.72. The van der Waals surface area contributed by atoms with Crippen LogP contribution in [-0.2, 0) is 9.53 Å². The lowest BCUT2D eigenvalue weighted by Gasteiger charge is -2.36. The quantitative estimate of drug-likeness (QED) is 0.679. The number of likely N-dealkylation sites (tertiary alicyclic amines) is 1. The molecule has 1 heterocycles. The van der Waals surface area contributed by atoms with Crippen LogP contribution in [0.25, 0.3) is 0 Å². The summed E-state index contributed by atoms with van der Waals surface area (Å²) in [5.74, 6) is -0.115. The Morgan fingerprint density at radius 1 is 1.59 bits per heavy atom. The van der Waals surface area contributed by atoms with Gasteiger partial charge in [-0.05, 0) is 40.4 Å². The van der Waals surface area contributed by atoms with Gasteiger partial charge < -0.3 is 14.5 Å². The van der Waals surface area contributed by atoms with Crippen molar-refractivity contribution in [1.82, 2.24) is 9.80 Å². The predicted octanol–water partition coefficient (Wildman–Crippen LogP) is 1.21. The van der Waals surface area contributed by atoms with Gasteiger partial charge in [0, 0.05) is 19.1 Å². The molecule has 4 nitrogen and oxygen atoms in total. The summed E-state index contributed by atoms with van der Waals surface area (Å²) in [7, 11) is 4.27. The summed E-state index contributed by atoms with van der Waals surface area (Å²) in [5, 5.41) is 0. The highest BCUT2D eigenvalue weighted by atomic mass is 16.5. The summed E-state index contributed by atoms with van der Waals surface area (Å²) in [4.78, 5) is 16.2. The van der Waals surface area contributed by atoms with E-state index in [1.165, 1.54) is 19.4 Å². The van der Waals surface area contributed by atoms with E-state index in [1.54, 1.807) is 0 Å². The van der Waals surface area contributed by atoms with Gasteiger partial charge in [-0.3, -0.25) is 4.79 Å². The molecule has 4 heteroatoms. The van der Waals surface area contributed by atoms with Crippen LogP contribution in [0.4, 0.5) is 0 Å². The molecule has 17 heavy (non-hydrogen) atoms. The van der Waals surface area contributed by atoms with Crippen LogP contribution in [0.1, 0.15) is 26.7 Å². The molecular formula is C13H26N2O2. The monoisotopic (exact) mass is 242 g/mol. The lowest BCUT2D eigenvalue weighted by Crippen LogP contribution is -2.46. The van der Waals surface area contributed by atoms with Crippen LogP contribution in [0.5, 0.6) is 0 Å². The minimum Gasteiger partial charge on any atom is -0.466 e. The van der Waals surface area contributed by atoms with Gasteiger partial charge in [0.15, 0.2) is 0 Å². The van der Waals surface area contributed by atoms with E-state index in [9.17, 15) is 4.79 Å². The molecule has 0 aromatic heterocycles. The minimum absolute atomic E-state index is 0.0350. The average molecular weight is 242 g/mol. The van der Waals surface area contributed by atoms with Gasteiger partial charge in [0.1, 0.15) is 0 Å². The van der Waals surface area contributed by atoms with Crippen LogP contribution >= 0.6 is 0 Å². The van der Waals surface area contributed by atoms with Crippen molar-refractivity contribution in [2.75, 3.05) is 40.3 Å². The molecule has 1 aliphatic rings. The lowest BCUT2D eigenvalue weighted by atomic mass is 10.0. The highest BCUT2D eigenvalue weighted by Gasteiger charge is 2.24. The van der Waals surface area contributed by atoms with Crippen molar-refractivity contribution in [3.05, 3.63) is 0 Å². The van der Waals surface area contributed by atoms with Crippen molar-refractivity contribution >= 4 is 5.97 Å². The summed E-state index contributed by atoms with van der Waals surface area (Å²) in [6.45, 7) is 7.35. The molecule has 1 aliphatic heterocycles. The van der Waals surface area contributed by atoms with Gasteiger partial charge in [-0.1, -0.05) is 6.92 Å². The van der Waals surface area contributed by atoms with E-state index >= 15 is 0 Å². The van der Waals surface area contributed by atoms with E-state index in [4.69, 9.17) is 4.74 Å². The molecule has 0 amide bonds. The summed E-state index contributed by atoms with van der Waals surface area (Å²) in [5.41, 5.74) is 0. The molecule has 0 aliphatic carbocycles. The number of carbonyl (C=O) groups is 1. The Kier molecular flexibility index (Phi) is 5.92. The zero-order chi connectivity index (χ0) is 12.8. The van der Waals surface area contributed by atoms with E-state index in [0.717, 1.165) is 13.1 Å². The van der Waals surface area contributed by atoms with Gasteiger partial charge >= 0.3 is 5.97 Å². The van der Waals surface area contributed by atoms with Crippen LogP contribution in [-0.4, -0.2) is 62.1 Å². The van der Waals surface area contributed by atoms with Gasteiger partial charge in [0.25, 0.3) is 0 Å². The normalized spacial score (nSPS) is 23.7. The Labute approximate surface area is 105 Å². The van der Waals surface area contributed by atoms with Gasteiger partial charge in [-0.25, -0.2) is 0 Å². The number of ether oxygens (including phenoxy) is 1. The molecule has 0 N–H and O–H groups in total. The lowest BCUT2D eigenvalue weighted by molar-refractivity contribution is -0.148. The van der Waals surface area contributed by atoms with E-state index in [-0.39, 0.29) is 11.9 Å². The fourth-order valence-corrected chi connectivity index (χ4v) is 2.44. The van der Waals surface area contributed by atoms with E-state index < -0.39 is 0 Å². The topological polar surface area (TPSA) is 32.8 Å². The standard InChI is InChI=1S/C13H26N2O2/c1-5-17-13(16)11(2)9-15(4)12-7-6-8-14(3)10-12/h11-12H,5-10H2,1-4H3. The third-order valence-corrected chi connectivity index (χ3v) is 3.47. The molecule has 2 unspecified atom stereocenters. The molecule has 0 bridgehead atoms. The Morgan fingerprint density at radius 2 is 2.29 bits per heavy atom. The minimum atomic E-state index is -0.0801. The summed E-state index contributed by atoms with van der Waals surface area (Å²) < 4.78 is 5.04. The fourth-order valence-electron chi connectivity index (χ4n) is 2.44. The molecule has 1 fully saturated rings. The number of carbonyl (C=O) groups excluding carboxylic acids is 1. The number of piperidine rings is 1. The zero-order valence-corrected chi connectivity index (χ0v) is 11.6. The van der Waals surface area contributed by atoms with Gasteiger partial charge in [0.2, 0.25) is 0 Å². The SMILES string of the molecule is CCOC(=O)C(C)CN(C)C1CCCN(C)C1. The number of hydrogen-bond donors (Lipinski definition) is 0. The number of hydrogen-bond acceptors (Lipinski definition) is 4. The van der Waals surface area contributed by atoms with Crippen LogP contribution in [0.15, 0.2) is 0 Å². The van der Waals surface area contributed by atoms with Crippen molar-refractivity contribution in [3.8, 4) is 0 Å². The molecule has 1 rings (SSSR count). The first-order valence-electron chi connectivity index (χ1n) is 6.60. The van der Waals surface area contributed by atoms with Crippen molar-refractivity contribution in [3.63, 3.8) is 0 Å². The predicted molar refractivity (Wildman–Crippen MR) is 68.9 cm³/mol. The molecule has 100 valence electrons. The first-order valence-corrected chi connectivity index (χ1v) is 6.60. The molecule has 0 radical (unpaired) electrons. The van der Waals surface area contributed by atoms with Crippen LogP contribution in [0.2, 0.25) is 0 Å². The Morgan fingerprint density at radius 3 is 2.88 bits per heavy atom. The van der Waals surface area contributed by atoms with Gasteiger partial charge in [0.05, 0.1) is 12.5 Å². The Balaban J connectivity index is 2.36. The van der Waals surface area contributed by atoms with Crippen molar-refractivity contribution in [2.24, 2.45) is 5.92 Å². The second-order valence-corrected chi connectivity index (χ2v) is 5.15. The second-order valence-electron chi connectivity index (χ2n) is 5.15. The smallest absolute Gasteiger partial charge is 0.309 e. The van der Waals surface area contributed by atoms with Crippen molar-refractivity contribution in [2.45, 2.75) is 32.7 Å². The molecule has 1 saturated heterocycles. The van der Waals surface area contributed by atoms with Crippen molar-refractivity contribution < 1.29 is 9.53 Å². The molecule has 0 spiro atoms. The number of esters is 1. The van der Waals surface area contributed by atoms with Gasteiger partial charge in [-0.2, -0.15) is 0 Å². The van der Waals surface area contributed by atoms with Crippen molar-refractivity contribution in [1.29, 1.82) is 0 Å². The molecule has 0 aromatic rings. The van der Waals surface area contributed by atoms with Gasteiger partial charge in [-0.15, -0.1) is 0 Å². The van der Waals surface area contributed by atoms with E-state index in [2.05, 4.69) is 23.9 Å². The first kappa shape index (κ1) is 14.5. The van der Waals surface area contributed by atoms with Crippen LogP contribution in [0.3, 0.4) is 0 Å². The zero-order valence-electron chi connectivity index (χ0n) is 11.6. The largest absolute Gasteiger partial charge is 0.466 e. The second kappa shape index (κ2) is 6.97. The number of nitrogens with zero attached hydrogens (tertiary/aromatic N) is 2. The third kappa shape index (κ3) is 4.64. The fraction of sp³-hybridized carbons (Fsp3) is 0.923. The summed E-state index contributed by atoms with van der Waals surface area (Å²) >= 11 is 0. The Hall–Kier alpha value is -0.610. The van der Waals surface area contributed by atoms with E-state index in [1.807, 2.05) is 13.8 Å². The first-order chi connectivity index (χ1) is 8.04.